The van der Waals surface area contributed by atoms with Crippen LogP contribution in [0.2, 0.25) is 0 Å². The minimum atomic E-state index is -3.41. The Morgan fingerprint density at radius 1 is 1.21 bits per heavy atom. The second kappa shape index (κ2) is 8.03. The van der Waals surface area contributed by atoms with Crippen molar-refractivity contribution in [2.45, 2.75) is 19.9 Å². The third-order valence-corrected chi connectivity index (χ3v) is 4.81. The van der Waals surface area contributed by atoms with E-state index in [1.807, 2.05) is 31.2 Å². The summed E-state index contributed by atoms with van der Waals surface area (Å²) in [6.45, 7) is 2.22. The molecule has 1 aromatic heterocycles. The van der Waals surface area contributed by atoms with Crippen molar-refractivity contribution in [2.75, 3.05) is 18.1 Å². The molecule has 0 spiro atoms. The fraction of sp³-hybridized carbons (Fsp3) is 0.294. The number of aryl methyl sites for hydroxylation is 1. The number of carbonyl (C=O) groups is 1. The highest BCUT2D eigenvalue weighted by Gasteiger charge is 2.18. The summed E-state index contributed by atoms with van der Waals surface area (Å²) in [6, 6.07) is 11.0. The van der Waals surface area contributed by atoms with E-state index < -0.39 is 10.0 Å². The fourth-order valence-electron chi connectivity index (χ4n) is 2.21. The van der Waals surface area contributed by atoms with Gasteiger partial charge in [0.05, 0.1) is 6.26 Å². The Labute approximate surface area is 142 Å². The lowest BCUT2D eigenvalue weighted by Gasteiger charge is -2.19. The molecule has 1 amide bonds. The average Bonchev–Trinajstić information content (AvgIpc) is 2.53. The lowest BCUT2D eigenvalue weighted by Crippen LogP contribution is -2.32. The number of pyridine rings is 1. The summed E-state index contributed by atoms with van der Waals surface area (Å²) in [7, 11) is -3.41. The van der Waals surface area contributed by atoms with Crippen LogP contribution in [0.4, 0.5) is 5.69 Å². The molecular weight excluding hydrogens is 326 g/mol. The lowest BCUT2D eigenvalue weighted by molar-refractivity contribution is -0.116. The van der Waals surface area contributed by atoms with E-state index in [2.05, 4.69) is 10.3 Å². The Balaban J connectivity index is 1.98. The average molecular weight is 347 g/mol. The number of para-hydroxylation sites is 1. The molecule has 0 unspecified atom stereocenters. The van der Waals surface area contributed by atoms with Crippen LogP contribution in [-0.2, 0) is 21.4 Å². The summed E-state index contributed by atoms with van der Waals surface area (Å²) in [4.78, 5) is 16.1. The predicted molar refractivity (Wildman–Crippen MR) is 93.9 cm³/mol. The Bertz CT molecular complexity index is 792. The maximum Gasteiger partial charge on any atom is 0.225 e. The van der Waals surface area contributed by atoms with Gasteiger partial charge in [-0.3, -0.25) is 9.78 Å². The van der Waals surface area contributed by atoms with Gasteiger partial charge in [0.2, 0.25) is 15.9 Å². The first kappa shape index (κ1) is 18.1. The van der Waals surface area contributed by atoms with E-state index in [9.17, 15) is 13.2 Å². The third kappa shape index (κ3) is 5.43. The zero-order valence-corrected chi connectivity index (χ0v) is 14.6. The standard InChI is InChI=1S/C17H21N3O3S/c1-14-6-3-4-8-16(14)19-17(21)9-11-20(24(2,22)23)13-15-7-5-10-18-12-15/h3-8,10,12H,9,11,13H2,1-2H3,(H,19,21). The van der Waals surface area contributed by atoms with E-state index in [0.717, 1.165) is 23.1 Å². The Kier molecular flexibility index (Phi) is 6.05. The highest BCUT2D eigenvalue weighted by molar-refractivity contribution is 7.88. The SMILES string of the molecule is Cc1ccccc1NC(=O)CCN(Cc1cccnc1)S(C)(=O)=O. The molecule has 24 heavy (non-hydrogen) atoms. The zero-order chi connectivity index (χ0) is 17.6. The maximum atomic E-state index is 12.1. The van der Waals surface area contributed by atoms with Crippen LogP contribution >= 0.6 is 0 Å². The topological polar surface area (TPSA) is 79.4 Å². The molecule has 0 aliphatic heterocycles. The molecule has 1 aromatic carbocycles. The Morgan fingerprint density at radius 2 is 1.96 bits per heavy atom. The second-order valence-corrected chi connectivity index (χ2v) is 7.55. The van der Waals surface area contributed by atoms with Crippen molar-refractivity contribution < 1.29 is 13.2 Å². The quantitative estimate of drug-likeness (QED) is 0.832. The largest absolute Gasteiger partial charge is 0.326 e. The molecule has 1 N–H and O–H groups in total. The molecule has 2 rings (SSSR count). The first-order chi connectivity index (χ1) is 11.4. The lowest BCUT2D eigenvalue weighted by atomic mass is 10.2. The molecule has 0 saturated carbocycles. The molecular formula is C17H21N3O3S. The highest BCUT2D eigenvalue weighted by atomic mass is 32.2. The van der Waals surface area contributed by atoms with E-state index in [0.29, 0.717) is 0 Å². The van der Waals surface area contributed by atoms with Crippen LogP contribution in [0.25, 0.3) is 0 Å². The van der Waals surface area contributed by atoms with Crippen LogP contribution in [-0.4, -0.2) is 36.4 Å². The number of anilines is 1. The molecule has 0 aliphatic rings. The molecule has 7 heteroatoms. The zero-order valence-electron chi connectivity index (χ0n) is 13.8. The van der Waals surface area contributed by atoms with Gasteiger partial charge in [0.25, 0.3) is 0 Å². The van der Waals surface area contributed by atoms with Gasteiger partial charge in [0.1, 0.15) is 0 Å². The summed E-state index contributed by atoms with van der Waals surface area (Å²) in [5.74, 6) is -0.218. The van der Waals surface area contributed by atoms with Gasteiger partial charge in [-0.15, -0.1) is 0 Å². The van der Waals surface area contributed by atoms with Gasteiger partial charge in [-0.05, 0) is 30.2 Å². The van der Waals surface area contributed by atoms with Crippen LogP contribution in [0.15, 0.2) is 48.8 Å². The predicted octanol–water partition coefficient (Wildman–Crippen LogP) is 2.18. The van der Waals surface area contributed by atoms with Crippen LogP contribution in [0, 0.1) is 6.92 Å². The van der Waals surface area contributed by atoms with E-state index in [1.165, 1.54) is 4.31 Å². The number of nitrogens with one attached hydrogen (secondary N) is 1. The molecule has 0 bridgehead atoms. The normalized spacial score (nSPS) is 11.5. The third-order valence-electron chi connectivity index (χ3n) is 3.56. The second-order valence-electron chi connectivity index (χ2n) is 5.57. The number of hydrogen-bond acceptors (Lipinski definition) is 4. The number of nitrogens with zero attached hydrogens (tertiary/aromatic N) is 2. The van der Waals surface area contributed by atoms with Crippen molar-refractivity contribution in [3.63, 3.8) is 0 Å². The molecule has 0 atom stereocenters. The smallest absolute Gasteiger partial charge is 0.225 e. The van der Waals surface area contributed by atoms with Gasteiger partial charge < -0.3 is 5.32 Å². The summed E-state index contributed by atoms with van der Waals surface area (Å²) >= 11 is 0. The van der Waals surface area contributed by atoms with Crippen molar-refractivity contribution in [3.8, 4) is 0 Å². The molecule has 1 heterocycles. The minimum Gasteiger partial charge on any atom is -0.326 e. The van der Waals surface area contributed by atoms with Crippen LogP contribution < -0.4 is 5.32 Å². The van der Waals surface area contributed by atoms with E-state index in [1.54, 1.807) is 24.5 Å². The molecule has 2 aromatic rings. The molecule has 128 valence electrons. The Hall–Kier alpha value is -2.25. The highest BCUT2D eigenvalue weighted by Crippen LogP contribution is 2.14. The number of amides is 1. The number of rotatable bonds is 7. The number of hydrogen-bond donors (Lipinski definition) is 1. The number of carbonyl (C=O) groups excluding carboxylic acids is 1. The first-order valence-electron chi connectivity index (χ1n) is 7.56. The molecule has 0 saturated heterocycles. The van der Waals surface area contributed by atoms with Crippen molar-refractivity contribution >= 4 is 21.6 Å². The minimum absolute atomic E-state index is 0.0850. The van der Waals surface area contributed by atoms with Crippen LogP contribution in [0.3, 0.4) is 0 Å². The van der Waals surface area contributed by atoms with E-state index in [-0.39, 0.29) is 25.4 Å². The maximum absolute atomic E-state index is 12.1. The van der Waals surface area contributed by atoms with Crippen LogP contribution in [0.5, 0.6) is 0 Å². The number of aromatic nitrogens is 1. The van der Waals surface area contributed by atoms with E-state index >= 15 is 0 Å². The Morgan fingerprint density at radius 3 is 2.58 bits per heavy atom. The van der Waals surface area contributed by atoms with Gasteiger partial charge in [0, 0.05) is 37.6 Å². The van der Waals surface area contributed by atoms with Crippen LogP contribution in [0.1, 0.15) is 17.5 Å². The van der Waals surface area contributed by atoms with Gasteiger partial charge in [-0.2, -0.15) is 4.31 Å². The van der Waals surface area contributed by atoms with Gasteiger partial charge >= 0.3 is 0 Å². The van der Waals surface area contributed by atoms with Crippen molar-refractivity contribution in [2.24, 2.45) is 0 Å². The summed E-state index contributed by atoms with van der Waals surface area (Å²) in [6.07, 6.45) is 4.47. The monoisotopic (exact) mass is 347 g/mol. The van der Waals surface area contributed by atoms with Gasteiger partial charge in [-0.1, -0.05) is 24.3 Å². The molecule has 0 radical (unpaired) electrons. The molecule has 0 aliphatic carbocycles. The van der Waals surface area contributed by atoms with E-state index in [4.69, 9.17) is 0 Å². The molecule has 6 nitrogen and oxygen atoms in total. The van der Waals surface area contributed by atoms with Gasteiger partial charge in [-0.25, -0.2) is 8.42 Å². The summed E-state index contributed by atoms with van der Waals surface area (Å²) < 4.78 is 25.1. The number of sulfonamides is 1. The summed E-state index contributed by atoms with van der Waals surface area (Å²) in [5.41, 5.74) is 2.48. The van der Waals surface area contributed by atoms with Gasteiger partial charge in [0.15, 0.2) is 0 Å². The fourth-order valence-corrected chi connectivity index (χ4v) is 3.02. The first-order valence-corrected chi connectivity index (χ1v) is 9.40. The number of benzene rings is 1. The summed E-state index contributed by atoms with van der Waals surface area (Å²) in [5, 5.41) is 2.81. The van der Waals surface area contributed by atoms with Crippen molar-refractivity contribution in [1.29, 1.82) is 0 Å². The van der Waals surface area contributed by atoms with Crippen molar-refractivity contribution in [1.82, 2.24) is 9.29 Å². The molecule has 0 fully saturated rings. The van der Waals surface area contributed by atoms with Crippen molar-refractivity contribution in [3.05, 3.63) is 59.9 Å².